The zero-order chi connectivity index (χ0) is 15.7. The van der Waals surface area contributed by atoms with Gasteiger partial charge in [-0.25, -0.2) is 0 Å². The number of nitrogens with two attached hydrogens (primary N) is 1. The molecule has 1 aromatic rings. The van der Waals surface area contributed by atoms with E-state index in [1.807, 2.05) is 6.92 Å². The van der Waals surface area contributed by atoms with Crippen LogP contribution in [0.2, 0.25) is 0 Å². The molecule has 1 aromatic carbocycles. The molecule has 0 aromatic heterocycles. The van der Waals surface area contributed by atoms with E-state index in [2.05, 4.69) is 5.32 Å². The van der Waals surface area contributed by atoms with Gasteiger partial charge in [0.05, 0.1) is 11.0 Å². The molecule has 6 heteroatoms. The molecular weight excluding hydrogens is 281 g/mol. The standard InChI is InChI=1S/C15H19F3N2O/c1-10-6-14(7-10,9-19)13(21)20-8-11-4-2-3-5-12(11)15(16,17)18/h2-5,10H,6-9,19H2,1H3,(H,20,21). The quantitative estimate of drug-likeness (QED) is 0.898. The van der Waals surface area contributed by atoms with Crippen LogP contribution in [0, 0.1) is 11.3 Å². The van der Waals surface area contributed by atoms with Crippen LogP contribution in [0.25, 0.3) is 0 Å². The minimum atomic E-state index is -4.42. The van der Waals surface area contributed by atoms with Crippen LogP contribution in [0.15, 0.2) is 24.3 Å². The van der Waals surface area contributed by atoms with Crippen LogP contribution < -0.4 is 11.1 Å². The Morgan fingerprint density at radius 2 is 2.00 bits per heavy atom. The van der Waals surface area contributed by atoms with E-state index in [0.717, 1.165) is 6.07 Å². The summed E-state index contributed by atoms with van der Waals surface area (Å²) in [6.45, 7) is 2.12. The topological polar surface area (TPSA) is 55.1 Å². The van der Waals surface area contributed by atoms with Gasteiger partial charge in [-0.15, -0.1) is 0 Å². The maximum absolute atomic E-state index is 12.9. The molecule has 0 aliphatic heterocycles. The van der Waals surface area contributed by atoms with Gasteiger partial charge in [-0.05, 0) is 30.4 Å². The van der Waals surface area contributed by atoms with E-state index in [0.29, 0.717) is 18.8 Å². The molecule has 3 nitrogen and oxygen atoms in total. The van der Waals surface area contributed by atoms with E-state index < -0.39 is 17.2 Å². The van der Waals surface area contributed by atoms with Crippen molar-refractivity contribution in [2.75, 3.05) is 6.54 Å². The van der Waals surface area contributed by atoms with Gasteiger partial charge in [-0.1, -0.05) is 25.1 Å². The molecule has 1 aliphatic rings. The van der Waals surface area contributed by atoms with Gasteiger partial charge in [0, 0.05) is 13.1 Å². The van der Waals surface area contributed by atoms with E-state index in [9.17, 15) is 18.0 Å². The lowest BCUT2D eigenvalue weighted by molar-refractivity contribution is -0.140. The molecule has 0 spiro atoms. The van der Waals surface area contributed by atoms with Crippen molar-refractivity contribution in [2.45, 2.75) is 32.5 Å². The molecule has 3 N–H and O–H groups in total. The third kappa shape index (κ3) is 3.20. The Kier molecular flexibility index (Phi) is 4.27. The van der Waals surface area contributed by atoms with Gasteiger partial charge in [-0.2, -0.15) is 13.2 Å². The Labute approximate surface area is 121 Å². The summed E-state index contributed by atoms with van der Waals surface area (Å²) in [6.07, 6.45) is -3.04. The van der Waals surface area contributed by atoms with Crippen molar-refractivity contribution < 1.29 is 18.0 Å². The second-order valence-electron chi connectivity index (χ2n) is 5.84. The van der Waals surface area contributed by atoms with Gasteiger partial charge in [0.15, 0.2) is 0 Å². The van der Waals surface area contributed by atoms with Crippen molar-refractivity contribution >= 4 is 5.91 Å². The second-order valence-corrected chi connectivity index (χ2v) is 5.84. The number of hydrogen-bond donors (Lipinski definition) is 2. The van der Waals surface area contributed by atoms with E-state index in [1.54, 1.807) is 0 Å². The number of amides is 1. The first-order valence-corrected chi connectivity index (χ1v) is 6.92. The zero-order valence-electron chi connectivity index (χ0n) is 11.8. The number of benzene rings is 1. The van der Waals surface area contributed by atoms with Gasteiger partial charge in [0.2, 0.25) is 5.91 Å². The van der Waals surface area contributed by atoms with Crippen molar-refractivity contribution in [2.24, 2.45) is 17.1 Å². The van der Waals surface area contributed by atoms with Crippen LogP contribution in [0.5, 0.6) is 0 Å². The third-order valence-electron chi connectivity index (χ3n) is 4.11. The number of halogens is 3. The van der Waals surface area contributed by atoms with Gasteiger partial charge >= 0.3 is 6.18 Å². The minimum Gasteiger partial charge on any atom is -0.351 e. The monoisotopic (exact) mass is 300 g/mol. The molecule has 0 bridgehead atoms. The van der Waals surface area contributed by atoms with Crippen molar-refractivity contribution in [1.82, 2.24) is 5.32 Å². The Morgan fingerprint density at radius 1 is 1.38 bits per heavy atom. The van der Waals surface area contributed by atoms with Crippen molar-refractivity contribution in [1.29, 1.82) is 0 Å². The normalized spacial score (nSPS) is 25.3. The van der Waals surface area contributed by atoms with Gasteiger partial charge in [0.25, 0.3) is 0 Å². The summed E-state index contributed by atoms with van der Waals surface area (Å²) in [4.78, 5) is 12.2. The highest BCUT2D eigenvalue weighted by atomic mass is 19.4. The highest BCUT2D eigenvalue weighted by molar-refractivity contribution is 5.84. The largest absolute Gasteiger partial charge is 0.416 e. The van der Waals surface area contributed by atoms with Crippen LogP contribution in [-0.2, 0) is 17.5 Å². The summed E-state index contributed by atoms with van der Waals surface area (Å²) in [5.41, 5.74) is 4.41. The Morgan fingerprint density at radius 3 is 2.52 bits per heavy atom. The molecule has 1 saturated carbocycles. The fourth-order valence-corrected chi connectivity index (χ4v) is 3.03. The van der Waals surface area contributed by atoms with Crippen molar-refractivity contribution in [3.05, 3.63) is 35.4 Å². The molecule has 21 heavy (non-hydrogen) atoms. The summed E-state index contributed by atoms with van der Waals surface area (Å²) in [5.74, 6) is 0.182. The third-order valence-corrected chi connectivity index (χ3v) is 4.11. The average molecular weight is 300 g/mol. The number of nitrogens with one attached hydrogen (secondary N) is 1. The van der Waals surface area contributed by atoms with Crippen LogP contribution in [-0.4, -0.2) is 12.5 Å². The summed E-state index contributed by atoms with van der Waals surface area (Å²) in [6, 6.07) is 5.26. The van der Waals surface area contributed by atoms with Crippen LogP contribution in [0.4, 0.5) is 13.2 Å². The molecule has 1 aliphatic carbocycles. The molecule has 0 saturated heterocycles. The van der Waals surface area contributed by atoms with Crippen LogP contribution >= 0.6 is 0 Å². The highest BCUT2D eigenvalue weighted by Crippen LogP contribution is 2.44. The highest BCUT2D eigenvalue weighted by Gasteiger charge is 2.47. The summed E-state index contributed by atoms with van der Waals surface area (Å²) in [7, 11) is 0. The molecule has 0 unspecified atom stereocenters. The first-order valence-electron chi connectivity index (χ1n) is 6.92. The van der Waals surface area contributed by atoms with Gasteiger partial charge in [0.1, 0.15) is 0 Å². The van der Waals surface area contributed by atoms with Gasteiger partial charge in [-0.3, -0.25) is 4.79 Å². The molecule has 0 heterocycles. The summed E-state index contributed by atoms with van der Waals surface area (Å²) >= 11 is 0. The molecule has 2 rings (SSSR count). The average Bonchev–Trinajstić information content (AvgIpc) is 2.40. The Hall–Kier alpha value is -1.56. The predicted molar refractivity (Wildman–Crippen MR) is 73.2 cm³/mol. The first-order chi connectivity index (χ1) is 9.78. The zero-order valence-corrected chi connectivity index (χ0v) is 11.8. The Balaban J connectivity index is 2.06. The van der Waals surface area contributed by atoms with E-state index in [1.165, 1.54) is 18.2 Å². The number of carbonyl (C=O) groups excluding carboxylic acids is 1. The van der Waals surface area contributed by atoms with E-state index >= 15 is 0 Å². The SMILES string of the molecule is CC1CC(CN)(C(=O)NCc2ccccc2C(F)(F)F)C1. The van der Waals surface area contributed by atoms with Crippen LogP contribution in [0.1, 0.15) is 30.9 Å². The van der Waals surface area contributed by atoms with Crippen molar-refractivity contribution in [3.63, 3.8) is 0 Å². The minimum absolute atomic E-state index is 0.0675. The lowest BCUT2D eigenvalue weighted by Gasteiger charge is -2.44. The number of carbonyl (C=O) groups is 1. The molecule has 0 radical (unpaired) electrons. The summed E-state index contributed by atoms with van der Waals surface area (Å²) in [5, 5.41) is 2.61. The number of rotatable bonds is 4. The second kappa shape index (κ2) is 5.67. The maximum Gasteiger partial charge on any atom is 0.416 e. The molecule has 1 amide bonds. The predicted octanol–water partition coefficient (Wildman–Crippen LogP) is 2.70. The fraction of sp³-hybridized carbons (Fsp3) is 0.533. The summed E-state index contributed by atoms with van der Waals surface area (Å²) < 4.78 is 38.6. The van der Waals surface area contributed by atoms with Crippen LogP contribution in [0.3, 0.4) is 0 Å². The number of hydrogen-bond acceptors (Lipinski definition) is 2. The first kappa shape index (κ1) is 15.8. The molecule has 1 fully saturated rings. The Bertz CT molecular complexity index is 522. The smallest absolute Gasteiger partial charge is 0.351 e. The molecular formula is C15H19F3N2O. The van der Waals surface area contributed by atoms with Gasteiger partial charge < -0.3 is 11.1 Å². The van der Waals surface area contributed by atoms with E-state index in [-0.39, 0.29) is 24.6 Å². The van der Waals surface area contributed by atoms with E-state index in [4.69, 9.17) is 5.73 Å². The molecule has 116 valence electrons. The lowest BCUT2D eigenvalue weighted by Crippen LogP contribution is -2.53. The molecule has 0 atom stereocenters. The lowest BCUT2D eigenvalue weighted by atomic mass is 9.62. The number of alkyl halides is 3. The fourth-order valence-electron chi connectivity index (χ4n) is 3.03. The maximum atomic E-state index is 12.9. The van der Waals surface area contributed by atoms with Crippen molar-refractivity contribution in [3.8, 4) is 0 Å².